The number of sulfonamides is 1. The first-order valence-corrected chi connectivity index (χ1v) is 11.1. The van der Waals surface area contributed by atoms with Gasteiger partial charge in [0.15, 0.2) is 0 Å². The van der Waals surface area contributed by atoms with Crippen molar-refractivity contribution in [2.75, 3.05) is 0 Å². The van der Waals surface area contributed by atoms with Gasteiger partial charge in [0.1, 0.15) is 4.21 Å². The first kappa shape index (κ1) is 18.4. The van der Waals surface area contributed by atoms with Gasteiger partial charge in [0, 0.05) is 22.5 Å². The van der Waals surface area contributed by atoms with Crippen LogP contribution in [-0.4, -0.2) is 20.2 Å². The largest absolute Gasteiger partial charge is 0.288 e. The summed E-state index contributed by atoms with van der Waals surface area (Å²) in [4.78, 5) is 12.9. The molecule has 1 N–H and O–H groups in total. The molecule has 4 nitrogen and oxygen atoms in total. The van der Waals surface area contributed by atoms with Gasteiger partial charge in [-0.2, -0.15) is 0 Å². The molecule has 0 saturated heterocycles. The number of halogens is 1. The number of ketones is 1. The Morgan fingerprint density at radius 1 is 1.00 bits per heavy atom. The minimum atomic E-state index is -3.64. The Morgan fingerprint density at radius 3 is 2.41 bits per heavy atom. The van der Waals surface area contributed by atoms with Gasteiger partial charge in [0.05, 0.1) is 4.88 Å². The third-order valence-corrected chi connectivity index (χ3v) is 7.82. The summed E-state index contributed by atoms with van der Waals surface area (Å²) in [6.07, 6.45) is 0.783. The van der Waals surface area contributed by atoms with Crippen molar-refractivity contribution in [1.82, 2.24) is 4.72 Å². The van der Waals surface area contributed by atoms with E-state index in [0.29, 0.717) is 15.5 Å². The van der Waals surface area contributed by atoms with Gasteiger partial charge in [-0.25, -0.2) is 13.1 Å². The highest BCUT2D eigenvalue weighted by molar-refractivity contribution is 7.91. The van der Waals surface area contributed by atoms with Crippen LogP contribution in [0.25, 0.3) is 0 Å². The Labute approximate surface area is 166 Å². The van der Waals surface area contributed by atoms with Gasteiger partial charge in [-0.05, 0) is 48.4 Å². The van der Waals surface area contributed by atoms with Crippen LogP contribution in [0.2, 0.25) is 5.02 Å². The van der Waals surface area contributed by atoms with Crippen molar-refractivity contribution in [3.63, 3.8) is 0 Å². The van der Waals surface area contributed by atoms with Gasteiger partial charge in [0.25, 0.3) is 0 Å². The number of benzene rings is 2. The van der Waals surface area contributed by atoms with Crippen LogP contribution in [0, 0.1) is 0 Å². The summed E-state index contributed by atoms with van der Waals surface area (Å²) in [5.41, 5.74) is 1.61. The SMILES string of the molecule is O=C(c1ccc(Cl)cc1)c1ccc(S(=O)(=O)N[C@H]2C[C@@H]2c2ccccc2)s1. The van der Waals surface area contributed by atoms with E-state index in [1.54, 1.807) is 30.3 Å². The Bertz CT molecular complexity index is 1080. The van der Waals surface area contributed by atoms with Gasteiger partial charge in [-0.3, -0.25) is 4.79 Å². The summed E-state index contributed by atoms with van der Waals surface area (Å²) in [7, 11) is -3.64. The van der Waals surface area contributed by atoms with Crippen LogP contribution in [0.1, 0.15) is 33.1 Å². The van der Waals surface area contributed by atoms with Crippen molar-refractivity contribution in [1.29, 1.82) is 0 Å². The van der Waals surface area contributed by atoms with Gasteiger partial charge in [0.2, 0.25) is 15.8 Å². The molecule has 0 unspecified atom stereocenters. The zero-order chi connectivity index (χ0) is 19.0. The highest BCUT2D eigenvalue weighted by Gasteiger charge is 2.41. The van der Waals surface area contributed by atoms with E-state index >= 15 is 0 Å². The van der Waals surface area contributed by atoms with Crippen molar-refractivity contribution in [2.45, 2.75) is 22.6 Å². The van der Waals surface area contributed by atoms with Gasteiger partial charge < -0.3 is 0 Å². The molecule has 0 radical (unpaired) electrons. The molecule has 1 saturated carbocycles. The predicted octanol–water partition coefficient (Wildman–Crippen LogP) is 4.47. The molecule has 27 heavy (non-hydrogen) atoms. The zero-order valence-electron chi connectivity index (χ0n) is 14.1. The molecule has 1 aromatic heterocycles. The molecule has 1 aliphatic rings. The Balaban J connectivity index is 1.47. The van der Waals surface area contributed by atoms with Crippen molar-refractivity contribution >= 4 is 38.7 Å². The fourth-order valence-electron chi connectivity index (χ4n) is 2.98. The van der Waals surface area contributed by atoms with Crippen LogP contribution in [0.3, 0.4) is 0 Å². The van der Waals surface area contributed by atoms with Gasteiger partial charge >= 0.3 is 0 Å². The quantitative estimate of drug-likeness (QED) is 0.602. The van der Waals surface area contributed by atoms with Gasteiger partial charge in [-0.1, -0.05) is 41.9 Å². The fraction of sp³-hybridized carbons (Fsp3) is 0.150. The summed E-state index contributed by atoms with van der Waals surface area (Å²) >= 11 is 6.82. The average molecular weight is 418 g/mol. The molecule has 4 rings (SSSR count). The molecular formula is C20H16ClNO3S2. The number of thiophene rings is 1. The first-order valence-electron chi connectivity index (χ1n) is 8.41. The highest BCUT2D eigenvalue weighted by Crippen LogP contribution is 2.41. The molecule has 1 heterocycles. The zero-order valence-corrected chi connectivity index (χ0v) is 16.5. The van der Waals surface area contributed by atoms with Crippen LogP contribution in [0.4, 0.5) is 0 Å². The summed E-state index contributed by atoms with van der Waals surface area (Å²) < 4.78 is 28.2. The Hall–Kier alpha value is -1.99. The lowest BCUT2D eigenvalue weighted by Gasteiger charge is -2.04. The maximum atomic E-state index is 12.6. The third kappa shape index (κ3) is 3.99. The molecule has 0 bridgehead atoms. The number of carbonyl (C=O) groups excluding carboxylic acids is 1. The average Bonchev–Trinajstić information content (AvgIpc) is 3.22. The maximum Gasteiger partial charge on any atom is 0.250 e. The van der Waals surface area contributed by atoms with Crippen molar-refractivity contribution < 1.29 is 13.2 Å². The van der Waals surface area contributed by atoms with E-state index in [4.69, 9.17) is 11.6 Å². The Kier molecular flexibility index (Phi) is 4.90. The predicted molar refractivity (Wildman–Crippen MR) is 107 cm³/mol. The number of hydrogen-bond donors (Lipinski definition) is 1. The number of carbonyl (C=O) groups is 1. The van der Waals surface area contributed by atoms with Crippen LogP contribution < -0.4 is 4.72 Å². The molecule has 1 aliphatic carbocycles. The second-order valence-electron chi connectivity index (χ2n) is 6.44. The lowest BCUT2D eigenvalue weighted by Crippen LogP contribution is -2.26. The minimum Gasteiger partial charge on any atom is -0.288 e. The van der Waals surface area contributed by atoms with E-state index in [9.17, 15) is 13.2 Å². The highest BCUT2D eigenvalue weighted by atomic mass is 35.5. The molecule has 138 valence electrons. The summed E-state index contributed by atoms with van der Waals surface area (Å²) in [5.74, 6) is -0.0113. The minimum absolute atomic E-state index is 0.102. The topological polar surface area (TPSA) is 63.2 Å². The first-order chi connectivity index (χ1) is 12.9. The van der Waals surface area contributed by atoms with Crippen LogP contribution in [0.15, 0.2) is 70.9 Å². The molecule has 1 fully saturated rings. The van der Waals surface area contributed by atoms with E-state index in [0.717, 1.165) is 23.3 Å². The molecule has 3 aromatic rings. The molecule has 0 spiro atoms. The van der Waals surface area contributed by atoms with E-state index in [1.165, 1.54) is 6.07 Å². The van der Waals surface area contributed by atoms with E-state index in [1.807, 2.05) is 30.3 Å². The second-order valence-corrected chi connectivity index (χ2v) is 9.90. The molecular weight excluding hydrogens is 402 g/mol. The summed E-state index contributed by atoms with van der Waals surface area (Å²) in [6.45, 7) is 0. The number of hydrogen-bond acceptors (Lipinski definition) is 4. The third-order valence-electron chi connectivity index (χ3n) is 4.50. The fourth-order valence-corrected chi connectivity index (χ4v) is 5.68. The smallest absolute Gasteiger partial charge is 0.250 e. The van der Waals surface area contributed by atoms with Crippen molar-refractivity contribution in [3.05, 3.63) is 87.8 Å². The van der Waals surface area contributed by atoms with E-state index in [-0.39, 0.29) is 22.0 Å². The molecule has 2 atom stereocenters. The number of nitrogens with one attached hydrogen (secondary N) is 1. The van der Waals surface area contributed by atoms with Crippen molar-refractivity contribution in [2.24, 2.45) is 0 Å². The molecule has 2 aromatic carbocycles. The lowest BCUT2D eigenvalue weighted by atomic mass is 10.1. The maximum absolute atomic E-state index is 12.6. The number of rotatable bonds is 6. The summed E-state index contributed by atoms with van der Waals surface area (Å²) in [6, 6.07) is 19.3. The monoisotopic (exact) mass is 417 g/mol. The normalized spacial score (nSPS) is 19.0. The molecule has 0 amide bonds. The standard InChI is InChI=1S/C20H16ClNO3S2/c21-15-8-6-14(7-9-15)20(23)18-10-11-19(26-18)27(24,25)22-17-12-16(17)13-4-2-1-3-5-13/h1-11,16-17,22H,12H2/t16-,17+/m1/s1. The van der Waals surface area contributed by atoms with E-state index in [2.05, 4.69) is 4.72 Å². The Morgan fingerprint density at radius 2 is 1.70 bits per heavy atom. The second kappa shape index (κ2) is 7.20. The van der Waals surface area contributed by atoms with Crippen molar-refractivity contribution in [3.8, 4) is 0 Å². The summed E-state index contributed by atoms with van der Waals surface area (Å²) in [5, 5.41) is 0.544. The van der Waals surface area contributed by atoms with Gasteiger partial charge in [-0.15, -0.1) is 11.3 Å². The van der Waals surface area contributed by atoms with Crippen LogP contribution in [0.5, 0.6) is 0 Å². The molecule has 0 aliphatic heterocycles. The lowest BCUT2D eigenvalue weighted by molar-refractivity contribution is 0.104. The van der Waals surface area contributed by atoms with Crippen LogP contribution >= 0.6 is 22.9 Å². The molecule has 7 heteroatoms. The van der Waals surface area contributed by atoms with Crippen LogP contribution in [-0.2, 0) is 10.0 Å². The van der Waals surface area contributed by atoms with E-state index < -0.39 is 10.0 Å².